The lowest BCUT2D eigenvalue weighted by molar-refractivity contribution is 0.552. The van der Waals surface area contributed by atoms with Gasteiger partial charge in [0.15, 0.2) is 0 Å². The van der Waals surface area contributed by atoms with Gasteiger partial charge < -0.3 is 0 Å². The third kappa shape index (κ3) is 12.5. The zero-order chi connectivity index (χ0) is 22.5. The van der Waals surface area contributed by atoms with Crippen LogP contribution >= 0.6 is 0 Å². The smallest absolute Gasteiger partial charge is 0.0152 e. The van der Waals surface area contributed by atoms with Crippen molar-refractivity contribution in [3.63, 3.8) is 0 Å². The lowest BCUT2D eigenvalue weighted by Gasteiger charge is -2.06. The maximum absolute atomic E-state index is 2.43. The highest BCUT2D eigenvalue weighted by Gasteiger charge is 2.00. The molecule has 2 aromatic rings. The van der Waals surface area contributed by atoms with Crippen molar-refractivity contribution in [3.8, 4) is 0 Å². The zero-order valence-corrected chi connectivity index (χ0v) is 21.1. The standard InChI is InChI=1S/C32H50/c1-2-3-4-5-6-7-8-9-10-11-12-13-14-15-16-17-18-19-20-21-25-30-27-24-28-31-26-22-23-29-32(30)31/h9-10,22-24,26-29H,2-8,11-21,25H2,1H3/b10-9+. The Hall–Kier alpha value is -1.56. The fourth-order valence-electron chi connectivity index (χ4n) is 4.78. The number of aryl methyl sites for hydroxylation is 1. The van der Waals surface area contributed by atoms with Crippen LogP contribution in [0.15, 0.2) is 54.6 Å². The van der Waals surface area contributed by atoms with Gasteiger partial charge in [0.05, 0.1) is 0 Å². The highest BCUT2D eigenvalue weighted by molar-refractivity contribution is 5.85. The minimum atomic E-state index is 1.23. The van der Waals surface area contributed by atoms with Crippen LogP contribution in [0.5, 0.6) is 0 Å². The fraction of sp³-hybridized carbons (Fsp3) is 0.625. The van der Waals surface area contributed by atoms with Gasteiger partial charge in [-0.05, 0) is 54.9 Å². The first-order valence-electron chi connectivity index (χ1n) is 14.0. The Kier molecular flexibility index (Phi) is 15.8. The number of hydrogen-bond acceptors (Lipinski definition) is 0. The molecule has 32 heavy (non-hydrogen) atoms. The topological polar surface area (TPSA) is 0 Å². The van der Waals surface area contributed by atoms with E-state index < -0.39 is 0 Å². The van der Waals surface area contributed by atoms with Crippen molar-refractivity contribution in [2.24, 2.45) is 0 Å². The maximum Gasteiger partial charge on any atom is -0.0152 e. The van der Waals surface area contributed by atoms with Crippen molar-refractivity contribution in [2.75, 3.05) is 0 Å². The summed E-state index contributed by atoms with van der Waals surface area (Å²) < 4.78 is 0. The molecule has 0 aliphatic rings. The summed E-state index contributed by atoms with van der Waals surface area (Å²) in [4.78, 5) is 0. The van der Waals surface area contributed by atoms with Gasteiger partial charge in [-0.25, -0.2) is 0 Å². The summed E-state index contributed by atoms with van der Waals surface area (Å²) in [5, 5.41) is 2.83. The SMILES string of the molecule is CCCCCCCC/C=C/CCCCCCCCCCCCc1cccc2ccccc12. The van der Waals surface area contributed by atoms with Gasteiger partial charge in [-0.2, -0.15) is 0 Å². The van der Waals surface area contributed by atoms with E-state index in [0.29, 0.717) is 0 Å². The van der Waals surface area contributed by atoms with Gasteiger partial charge >= 0.3 is 0 Å². The molecule has 178 valence electrons. The molecule has 0 saturated carbocycles. The molecule has 0 fully saturated rings. The average molecular weight is 435 g/mol. The Morgan fingerprint density at radius 2 is 1.00 bits per heavy atom. The van der Waals surface area contributed by atoms with Crippen LogP contribution in [0, 0.1) is 0 Å². The van der Waals surface area contributed by atoms with Crippen LogP contribution < -0.4 is 0 Å². The zero-order valence-electron chi connectivity index (χ0n) is 21.1. The van der Waals surface area contributed by atoms with Gasteiger partial charge in [-0.1, -0.05) is 145 Å². The summed E-state index contributed by atoms with van der Waals surface area (Å²) in [6.45, 7) is 2.29. The largest absolute Gasteiger partial charge is 0.0885 e. The number of rotatable bonds is 20. The van der Waals surface area contributed by atoms with Crippen LogP contribution in [0.4, 0.5) is 0 Å². The Morgan fingerprint density at radius 3 is 1.62 bits per heavy atom. The molecule has 0 atom stereocenters. The average Bonchev–Trinajstić information content (AvgIpc) is 2.83. The van der Waals surface area contributed by atoms with E-state index in [1.54, 1.807) is 0 Å². The summed E-state index contributed by atoms with van der Waals surface area (Å²) in [5.41, 5.74) is 1.53. The summed E-state index contributed by atoms with van der Waals surface area (Å²) in [5.74, 6) is 0. The van der Waals surface area contributed by atoms with Crippen LogP contribution in [0.3, 0.4) is 0 Å². The van der Waals surface area contributed by atoms with Crippen LogP contribution in [0.1, 0.15) is 128 Å². The Balaban J connectivity index is 1.32. The number of unbranched alkanes of at least 4 members (excludes halogenated alkanes) is 16. The normalized spacial score (nSPS) is 11.7. The minimum Gasteiger partial charge on any atom is -0.0885 e. The van der Waals surface area contributed by atoms with Crippen molar-refractivity contribution >= 4 is 10.8 Å². The molecule has 0 aliphatic heterocycles. The van der Waals surface area contributed by atoms with E-state index in [2.05, 4.69) is 61.5 Å². The number of fused-ring (bicyclic) bond motifs is 1. The first kappa shape index (κ1) is 26.7. The van der Waals surface area contributed by atoms with Gasteiger partial charge in [0.1, 0.15) is 0 Å². The quantitative estimate of drug-likeness (QED) is 0.143. The summed E-state index contributed by atoms with van der Waals surface area (Å²) in [6, 6.07) is 15.6. The van der Waals surface area contributed by atoms with Gasteiger partial charge in [0, 0.05) is 0 Å². The lowest BCUT2D eigenvalue weighted by Crippen LogP contribution is -1.88. The van der Waals surface area contributed by atoms with Crippen LogP contribution in [0.25, 0.3) is 10.8 Å². The van der Waals surface area contributed by atoms with Crippen LogP contribution in [-0.4, -0.2) is 0 Å². The molecule has 0 N–H and O–H groups in total. The Labute approximate surface area is 199 Å². The summed E-state index contributed by atoms with van der Waals surface area (Å²) in [6.07, 6.45) is 31.3. The molecule has 0 bridgehead atoms. The first-order valence-corrected chi connectivity index (χ1v) is 14.0. The molecule has 0 heteroatoms. The number of benzene rings is 2. The van der Waals surface area contributed by atoms with E-state index in [1.807, 2.05) is 0 Å². The molecule has 0 spiro atoms. The molecule has 2 aromatic carbocycles. The molecular weight excluding hydrogens is 384 g/mol. The maximum atomic E-state index is 2.43. The molecule has 0 saturated heterocycles. The highest BCUT2D eigenvalue weighted by Crippen LogP contribution is 2.21. The van der Waals surface area contributed by atoms with Gasteiger partial charge in [0.2, 0.25) is 0 Å². The molecular formula is C32H50. The Morgan fingerprint density at radius 1 is 0.500 bits per heavy atom. The van der Waals surface area contributed by atoms with E-state index >= 15 is 0 Å². The van der Waals surface area contributed by atoms with E-state index in [9.17, 15) is 0 Å². The van der Waals surface area contributed by atoms with Crippen molar-refractivity contribution in [1.29, 1.82) is 0 Å². The Bertz CT molecular complexity index is 706. The molecule has 2 rings (SSSR count). The van der Waals surface area contributed by atoms with Crippen LogP contribution in [0.2, 0.25) is 0 Å². The molecule has 0 aliphatic carbocycles. The van der Waals surface area contributed by atoms with Gasteiger partial charge in [-0.3, -0.25) is 0 Å². The lowest BCUT2D eigenvalue weighted by atomic mass is 9.99. The van der Waals surface area contributed by atoms with Crippen molar-refractivity contribution in [3.05, 3.63) is 60.2 Å². The van der Waals surface area contributed by atoms with Crippen molar-refractivity contribution in [1.82, 2.24) is 0 Å². The van der Waals surface area contributed by atoms with Crippen LogP contribution in [-0.2, 0) is 6.42 Å². The van der Waals surface area contributed by atoms with E-state index in [-0.39, 0.29) is 0 Å². The molecule has 0 radical (unpaired) electrons. The van der Waals surface area contributed by atoms with E-state index in [4.69, 9.17) is 0 Å². The number of hydrogen-bond donors (Lipinski definition) is 0. The van der Waals surface area contributed by atoms with E-state index in [1.165, 1.54) is 138 Å². The second-order valence-corrected chi connectivity index (χ2v) is 9.74. The third-order valence-electron chi connectivity index (χ3n) is 6.84. The molecule has 0 amide bonds. The number of allylic oxidation sites excluding steroid dienone is 2. The molecule has 0 heterocycles. The molecule has 0 aromatic heterocycles. The second-order valence-electron chi connectivity index (χ2n) is 9.74. The first-order chi connectivity index (χ1) is 15.9. The van der Waals surface area contributed by atoms with E-state index in [0.717, 1.165) is 0 Å². The third-order valence-corrected chi connectivity index (χ3v) is 6.84. The van der Waals surface area contributed by atoms with Crippen molar-refractivity contribution in [2.45, 2.75) is 129 Å². The second kappa shape index (κ2) is 19.0. The molecule has 0 nitrogen and oxygen atoms in total. The van der Waals surface area contributed by atoms with Gasteiger partial charge in [-0.15, -0.1) is 0 Å². The summed E-state index contributed by atoms with van der Waals surface area (Å²) in [7, 11) is 0. The predicted octanol–water partition coefficient (Wildman–Crippen LogP) is 11.0. The van der Waals surface area contributed by atoms with Gasteiger partial charge in [0.25, 0.3) is 0 Å². The predicted molar refractivity (Wildman–Crippen MR) is 146 cm³/mol. The molecule has 0 unspecified atom stereocenters. The fourth-order valence-corrected chi connectivity index (χ4v) is 4.78. The monoisotopic (exact) mass is 434 g/mol. The summed E-state index contributed by atoms with van der Waals surface area (Å²) >= 11 is 0. The van der Waals surface area contributed by atoms with Crippen molar-refractivity contribution < 1.29 is 0 Å². The highest BCUT2D eigenvalue weighted by atomic mass is 14.1. The minimum absolute atomic E-state index is 1.23.